The Labute approximate surface area is 169 Å². The molecule has 0 saturated heterocycles. The lowest BCUT2D eigenvalue weighted by atomic mass is 10.2. The number of amides is 1. The van der Waals surface area contributed by atoms with E-state index in [9.17, 15) is 13.2 Å². The van der Waals surface area contributed by atoms with Crippen LogP contribution in [-0.4, -0.2) is 33.5 Å². The Bertz CT molecular complexity index is 1120. The van der Waals surface area contributed by atoms with Gasteiger partial charge in [0.25, 0.3) is 5.91 Å². The molecule has 0 aliphatic rings. The van der Waals surface area contributed by atoms with Crippen LogP contribution in [0, 0.1) is 6.92 Å². The summed E-state index contributed by atoms with van der Waals surface area (Å²) in [7, 11) is -0.725. The molecule has 8 heteroatoms. The van der Waals surface area contributed by atoms with Crippen LogP contribution in [0.4, 0.5) is 5.69 Å². The summed E-state index contributed by atoms with van der Waals surface area (Å²) in [6.07, 6.45) is 1.23. The number of pyridine rings is 1. The van der Waals surface area contributed by atoms with E-state index in [1.165, 1.54) is 44.7 Å². The summed E-state index contributed by atoms with van der Waals surface area (Å²) in [6.45, 7) is 1.88. The molecule has 0 spiro atoms. The predicted octanol–water partition coefficient (Wildman–Crippen LogP) is 3.49. The fourth-order valence-corrected chi connectivity index (χ4v) is 3.80. The Morgan fingerprint density at radius 3 is 2.21 bits per heavy atom. The standard InChI is InChI=1S/C21H20N2O5S/c1-14-4-8-17(9-5-14)29(25,26)20-11-6-15(13-22-20)21(24)23-16-7-10-18(27-2)19(12-16)28-3/h4-13H,1-3H3,(H,23,24). The molecule has 0 atom stereocenters. The molecule has 1 amide bonds. The maximum absolute atomic E-state index is 12.7. The average Bonchev–Trinajstić information content (AvgIpc) is 2.74. The molecule has 0 bridgehead atoms. The van der Waals surface area contributed by atoms with Gasteiger partial charge in [0, 0.05) is 18.0 Å². The Kier molecular flexibility index (Phi) is 5.84. The van der Waals surface area contributed by atoms with E-state index in [4.69, 9.17) is 9.47 Å². The van der Waals surface area contributed by atoms with Crippen molar-refractivity contribution in [2.24, 2.45) is 0 Å². The molecule has 0 aliphatic carbocycles. The first-order valence-corrected chi connectivity index (χ1v) is 10.1. The summed E-state index contributed by atoms with van der Waals surface area (Å²) >= 11 is 0. The summed E-state index contributed by atoms with van der Waals surface area (Å²) < 4.78 is 35.7. The van der Waals surface area contributed by atoms with Crippen molar-refractivity contribution < 1.29 is 22.7 Å². The summed E-state index contributed by atoms with van der Waals surface area (Å²) in [5.41, 5.74) is 1.69. The lowest BCUT2D eigenvalue weighted by Gasteiger charge is -2.11. The van der Waals surface area contributed by atoms with E-state index in [0.717, 1.165) is 5.56 Å². The number of anilines is 1. The van der Waals surface area contributed by atoms with Gasteiger partial charge in [0.05, 0.1) is 24.7 Å². The van der Waals surface area contributed by atoms with Crippen LogP contribution in [0.1, 0.15) is 15.9 Å². The van der Waals surface area contributed by atoms with Crippen molar-refractivity contribution in [2.75, 3.05) is 19.5 Å². The van der Waals surface area contributed by atoms with Crippen LogP contribution in [-0.2, 0) is 9.84 Å². The molecule has 1 heterocycles. The lowest BCUT2D eigenvalue weighted by molar-refractivity contribution is 0.102. The largest absolute Gasteiger partial charge is 0.493 e. The molecule has 1 aromatic heterocycles. The lowest BCUT2D eigenvalue weighted by Crippen LogP contribution is -2.13. The van der Waals surface area contributed by atoms with E-state index in [-0.39, 0.29) is 15.5 Å². The SMILES string of the molecule is COc1ccc(NC(=O)c2ccc(S(=O)(=O)c3ccc(C)cc3)nc2)cc1OC. The minimum absolute atomic E-state index is 0.121. The minimum atomic E-state index is -3.75. The monoisotopic (exact) mass is 412 g/mol. The Balaban J connectivity index is 1.79. The van der Waals surface area contributed by atoms with Crippen molar-refractivity contribution in [1.82, 2.24) is 4.98 Å². The molecule has 3 aromatic rings. The number of aryl methyl sites for hydroxylation is 1. The van der Waals surface area contributed by atoms with E-state index in [0.29, 0.717) is 17.2 Å². The molecule has 0 saturated carbocycles. The first-order chi connectivity index (χ1) is 13.8. The number of nitrogens with one attached hydrogen (secondary N) is 1. The maximum Gasteiger partial charge on any atom is 0.257 e. The topological polar surface area (TPSA) is 94.6 Å². The molecule has 0 unspecified atom stereocenters. The summed E-state index contributed by atoms with van der Waals surface area (Å²) in [6, 6.07) is 14.2. The molecule has 3 rings (SSSR count). The van der Waals surface area contributed by atoms with Crippen LogP contribution >= 0.6 is 0 Å². The van der Waals surface area contributed by atoms with E-state index in [1.807, 2.05) is 6.92 Å². The Morgan fingerprint density at radius 1 is 0.931 bits per heavy atom. The van der Waals surface area contributed by atoms with Crippen LogP contribution in [0.5, 0.6) is 11.5 Å². The molecule has 29 heavy (non-hydrogen) atoms. The van der Waals surface area contributed by atoms with E-state index in [2.05, 4.69) is 10.3 Å². The number of hydrogen-bond donors (Lipinski definition) is 1. The highest BCUT2D eigenvalue weighted by molar-refractivity contribution is 7.91. The first-order valence-electron chi connectivity index (χ1n) is 8.66. The van der Waals surface area contributed by atoms with E-state index < -0.39 is 15.7 Å². The van der Waals surface area contributed by atoms with Crippen molar-refractivity contribution in [3.63, 3.8) is 0 Å². The molecule has 0 aliphatic heterocycles. The summed E-state index contributed by atoms with van der Waals surface area (Å²) in [4.78, 5) is 16.6. The summed E-state index contributed by atoms with van der Waals surface area (Å²) in [5, 5.41) is 2.60. The van der Waals surface area contributed by atoms with Gasteiger partial charge in [-0.05, 0) is 43.3 Å². The van der Waals surface area contributed by atoms with Crippen molar-refractivity contribution in [2.45, 2.75) is 16.8 Å². The van der Waals surface area contributed by atoms with Gasteiger partial charge in [0.2, 0.25) is 9.84 Å². The highest BCUT2D eigenvalue weighted by Crippen LogP contribution is 2.30. The number of aromatic nitrogens is 1. The fourth-order valence-electron chi connectivity index (χ4n) is 2.63. The van der Waals surface area contributed by atoms with Crippen LogP contribution in [0.3, 0.4) is 0 Å². The van der Waals surface area contributed by atoms with Crippen LogP contribution in [0.2, 0.25) is 0 Å². The average molecular weight is 412 g/mol. The Hall–Kier alpha value is -3.39. The van der Waals surface area contributed by atoms with E-state index >= 15 is 0 Å². The summed E-state index contributed by atoms with van der Waals surface area (Å²) in [5.74, 6) is 0.588. The van der Waals surface area contributed by atoms with Gasteiger partial charge in [0.15, 0.2) is 16.5 Å². The van der Waals surface area contributed by atoms with Crippen LogP contribution in [0.15, 0.2) is 70.7 Å². The number of sulfone groups is 1. The van der Waals surface area contributed by atoms with Gasteiger partial charge in [-0.25, -0.2) is 13.4 Å². The maximum atomic E-state index is 12.7. The van der Waals surface area contributed by atoms with Gasteiger partial charge in [-0.2, -0.15) is 0 Å². The number of hydrogen-bond acceptors (Lipinski definition) is 6. The zero-order valence-electron chi connectivity index (χ0n) is 16.2. The number of carbonyl (C=O) groups is 1. The first kappa shape index (κ1) is 20.3. The third-order valence-corrected chi connectivity index (χ3v) is 5.93. The number of rotatable bonds is 6. The van der Waals surface area contributed by atoms with Gasteiger partial charge in [-0.15, -0.1) is 0 Å². The molecule has 150 valence electrons. The third-order valence-electron chi connectivity index (χ3n) is 4.25. The fraction of sp³-hybridized carbons (Fsp3) is 0.143. The zero-order chi connectivity index (χ0) is 21.0. The third kappa shape index (κ3) is 4.38. The van der Waals surface area contributed by atoms with Crippen molar-refractivity contribution in [3.05, 3.63) is 71.9 Å². The molecular weight excluding hydrogens is 392 g/mol. The second kappa shape index (κ2) is 8.32. The number of ether oxygens (including phenoxy) is 2. The molecule has 1 N–H and O–H groups in total. The van der Waals surface area contributed by atoms with Crippen LogP contribution < -0.4 is 14.8 Å². The number of carbonyl (C=O) groups excluding carboxylic acids is 1. The predicted molar refractivity (Wildman–Crippen MR) is 108 cm³/mol. The molecule has 7 nitrogen and oxygen atoms in total. The van der Waals surface area contributed by atoms with Gasteiger partial charge in [-0.3, -0.25) is 4.79 Å². The van der Waals surface area contributed by atoms with Crippen molar-refractivity contribution in [1.29, 1.82) is 0 Å². The molecule has 0 fully saturated rings. The number of benzene rings is 2. The number of nitrogens with zero attached hydrogens (tertiary/aromatic N) is 1. The normalized spacial score (nSPS) is 11.0. The number of methoxy groups -OCH3 is 2. The minimum Gasteiger partial charge on any atom is -0.493 e. The second-order valence-corrected chi connectivity index (χ2v) is 8.12. The van der Waals surface area contributed by atoms with Crippen molar-refractivity contribution in [3.8, 4) is 11.5 Å². The van der Waals surface area contributed by atoms with Gasteiger partial charge in [0.1, 0.15) is 0 Å². The smallest absolute Gasteiger partial charge is 0.257 e. The van der Waals surface area contributed by atoms with Gasteiger partial charge < -0.3 is 14.8 Å². The van der Waals surface area contributed by atoms with E-state index in [1.54, 1.807) is 30.3 Å². The van der Waals surface area contributed by atoms with Crippen LogP contribution in [0.25, 0.3) is 0 Å². The highest BCUT2D eigenvalue weighted by atomic mass is 32.2. The van der Waals surface area contributed by atoms with Crippen molar-refractivity contribution >= 4 is 21.4 Å². The highest BCUT2D eigenvalue weighted by Gasteiger charge is 2.19. The van der Waals surface area contributed by atoms with Gasteiger partial charge in [-0.1, -0.05) is 17.7 Å². The molecular formula is C21H20N2O5S. The second-order valence-electron chi connectivity index (χ2n) is 6.23. The zero-order valence-corrected chi connectivity index (χ0v) is 17.0. The Morgan fingerprint density at radius 2 is 1.62 bits per heavy atom. The molecule has 0 radical (unpaired) electrons. The van der Waals surface area contributed by atoms with Gasteiger partial charge >= 0.3 is 0 Å². The molecule has 2 aromatic carbocycles. The quantitative estimate of drug-likeness (QED) is 0.666.